The van der Waals surface area contributed by atoms with Crippen molar-refractivity contribution in [1.82, 2.24) is 15.1 Å². The molecule has 4 aliphatic rings. The lowest BCUT2D eigenvalue weighted by atomic mass is 9.94. The molecule has 1 aromatic carbocycles. The van der Waals surface area contributed by atoms with E-state index in [1.165, 1.54) is 7.05 Å². The third-order valence-corrected chi connectivity index (χ3v) is 6.36. The van der Waals surface area contributed by atoms with Crippen LogP contribution in [0.1, 0.15) is 24.0 Å². The topological polar surface area (TPSA) is 117 Å². The summed E-state index contributed by atoms with van der Waals surface area (Å²) >= 11 is 0. The third-order valence-electron chi connectivity index (χ3n) is 6.36. The van der Waals surface area contributed by atoms with Crippen LogP contribution < -0.4 is 10.6 Å². The summed E-state index contributed by atoms with van der Waals surface area (Å²) in [5, 5.41) is 5.16. The monoisotopic (exact) mass is 414 g/mol. The molecule has 1 aromatic rings. The fourth-order valence-electron chi connectivity index (χ4n) is 4.86. The standard InChI is InChI=1S/C20H22N4O6/c1-21-18(27)22-12-2-3-15-11(6-12)4-5-20(15)17(26)24(19(28)30-20)9-16(25)23-8-14-7-13(23)10-29-14/h2-3,6,13-14H,4-5,7-10H2,1H3,(H2,21,22,27)/t13-,14-,20+/m1/s1. The zero-order valence-electron chi connectivity index (χ0n) is 16.5. The Balaban J connectivity index is 1.35. The number of ether oxygens (including phenoxy) is 2. The van der Waals surface area contributed by atoms with Gasteiger partial charge in [-0.05, 0) is 30.5 Å². The van der Waals surface area contributed by atoms with Crippen LogP contribution in [-0.4, -0.2) is 72.6 Å². The van der Waals surface area contributed by atoms with Crippen molar-refractivity contribution in [1.29, 1.82) is 0 Å². The SMILES string of the molecule is CNC(=O)Nc1ccc2c(c1)CC[C@]21OC(=O)N(CC(=O)N2C[C@H]3C[C@@H]2CO3)C1=O. The van der Waals surface area contributed by atoms with Crippen molar-refractivity contribution in [2.75, 3.05) is 32.1 Å². The van der Waals surface area contributed by atoms with Crippen LogP contribution in [0.3, 0.4) is 0 Å². The Morgan fingerprint density at radius 3 is 2.83 bits per heavy atom. The molecule has 10 nitrogen and oxygen atoms in total. The Morgan fingerprint density at radius 2 is 2.13 bits per heavy atom. The minimum Gasteiger partial charge on any atom is -0.427 e. The van der Waals surface area contributed by atoms with Gasteiger partial charge in [0, 0.05) is 31.3 Å². The molecule has 0 radical (unpaired) electrons. The predicted octanol–water partition coefficient (Wildman–Crippen LogP) is 0.558. The highest BCUT2D eigenvalue weighted by Crippen LogP contribution is 2.46. The molecular weight excluding hydrogens is 392 g/mol. The smallest absolute Gasteiger partial charge is 0.418 e. The van der Waals surface area contributed by atoms with Gasteiger partial charge in [0.1, 0.15) is 6.54 Å². The van der Waals surface area contributed by atoms with Gasteiger partial charge >= 0.3 is 12.1 Å². The Bertz CT molecular complexity index is 965. The normalized spacial score (nSPS) is 28.8. The number of morpholine rings is 1. The maximum Gasteiger partial charge on any atom is 0.418 e. The highest BCUT2D eigenvalue weighted by atomic mass is 16.6. The Morgan fingerprint density at radius 1 is 1.30 bits per heavy atom. The summed E-state index contributed by atoms with van der Waals surface area (Å²) in [7, 11) is 1.52. The molecule has 3 heterocycles. The zero-order valence-corrected chi connectivity index (χ0v) is 16.5. The van der Waals surface area contributed by atoms with E-state index in [1.807, 2.05) is 0 Å². The number of rotatable bonds is 3. The summed E-state index contributed by atoms with van der Waals surface area (Å²) in [5.41, 5.74) is 0.616. The summed E-state index contributed by atoms with van der Waals surface area (Å²) in [5.74, 6) is -0.774. The Labute approximate surface area is 172 Å². The van der Waals surface area contributed by atoms with Crippen LogP contribution in [0.2, 0.25) is 0 Å². The van der Waals surface area contributed by atoms with Crippen molar-refractivity contribution in [2.45, 2.75) is 37.0 Å². The first-order valence-corrected chi connectivity index (χ1v) is 9.99. The van der Waals surface area contributed by atoms with Gasteiger partial charge in [0.2, 0.25) is 11.5 Å². The molecule has 0 saturated carbocycles. The number of hydrogen-bond donors (Lipinski definition) is 2. The van der Waals surface area contributed by atoms with Gasteiger partial charge in [-0.15, -0.1) is 0 Å². The van der Waals surface area contributed by atoms with Gasteiger partial charge in [-0.25, -0.2) is 14.5 Å². The highest BCUT2D eigenvalue weighted by Gasteiger charge is 2.58. The van der Waals surface area contributed by atoms with E-state index >= 15 is 0 Å². The van der Waals surface area contributed by atoms with E-state index in [9.17, 15) is 19.2 Å². The molecule has 30 heavy (non-hydrogen) atoms. The average Bonchev–Trinajstić information content (AvgIpc) is 3.49. The van der Waals surface area contributed by atoms with Gasteiger partial charge in [0.15, 0.2) is 0 Å². The minimum absolute atomic E-state index is 0.0173. The summed E-state index contributed by atoms with van der Waals surface area (Å²) < 4.78 is 11.1. The van der Waals surface area contributed by atoms with Gasteiger partial charge < -0.3 is 25.0 Å². The van der Waals surface area contributed by atoms with Gasteiger partial charge in [-0.1, -0.05) is 6.07 Å². The third kappa shape index (κ3) is 2.74. The number of urea groups is 1. The van der Waals surface area contributed by atoms with Crippen molar-refractivity contribution < 1.29 is 28.7 Å². The van der Waals surface area contributed by atoms with E-state index in [-0.39, 0.29) is 30.6 Å². The molecular formula is C20H22N4O6. The summed E-state index contributed by atoms with van der Waals surface area (Å²) in [6.45, 7) is 0.669. The van der Waals surface area contributed by atoms with Crippen LogP contribution in [0.25, 0.3) is 0 Å². The van der Waals surface area contributed by atoms with Crippen LogP contribution in [0, 0.1) is 0 Å². The number of anilines is 1. The number of amides is 5. The molecule has 3 fully saturated rings. The zero-order chi connectivity index (χ0) is 21.0. The summed E-state index contributed by atoms with van der Waals surface area (Å²) in [6, 6.07) is 4.80. The van der Waals surface area contributed by atoms with Crippen LogP contribution in [0.4, 0.5) is 15.3 Å². The van der Waals surface area contributed by atoms with Crippen LogP contribution >= 0.6 is 0 Å². The Kier molecular flexibility index (Phi) is 4.21. The largest absolute Gasteiger partial charge is 0.427 e. The number of nitrogens with zero attached hydrogens (tertiary/aromatic N) is 2. The van der Waals surface area contributed by atoms with Crippen molar-refractivity contribution >= 4 is 29.6 Å². The molecule has 3 saturated heterocycles. The number of likely N-dealkylation sites (tertiary alicyclic amines) is 1. The van der Waals surface area contributed by atoms with E-state index in [0.29, 0.717) is 37.2 Å². The van der Waals surface area contributed by atoms with Crippen molar-refractivity contribution in [2.24, 2.45) is 0 Å². The van der Waals surface area contributed by atoms with E-state index in [0.717, 1.165) is 16.9 Å². The second-order valence-electron chi connectivity index (χ2n) is 8.05. The van der Waals surface area contributed by atoms with E-state index in [1.54, 1.807) is 23.1 Å². The molecule has 0 aromatic heterocycles. The number of fused-ring (bicyclic) bond motifs is 4. The minimum atomic E-state index is -1.40. The highest BCUT2D eigenvalue weighted by molar-refractivity contribution is 6.06. The van der Waals surface area contributed by atoms with Crippen LogP contribution in [0.5, 0.6) is 0 Å². The number of hydrogen-bond acceptors (Lipinski definition) is 6. The number of benzene rings is 1. The molecule has 2 N–H and O–H groups in total. The molecule has 1 aliphatic carbocycles. The van der Waals surface area contributed by atoms with Gasteiger partial charge in [0.05, 0.1) is 18.8 Å². The first-order valence-electron chi connectivity index (χ1n) is 9.99. The lowest BCUT2D eigenvalue weighted by molar-refractivity contribution is -0.143. The predicted molar refractivity (Wildman–Crippen MR) is 103 cm³/mol. The number of nitrogens with one attached hydrogen (secondary N) is 2. The molecule has 3 atom stereocenters. The van der Waals surface area contributed by atoms with E-state index in [4.69, 9.17) is 9.47 Å². The first-order chi connectivity index (χ1) is 14.4. The van der Waals surface area contributed by atoms with E-state index < -0.39 is 17.6 Å². The number of aryl methyl sites for hydroxylation is 1. The van der Waals surface area contributed by atoms with Gasteiger partial charge in [-0.3, -0.25) is 9.59 Å². The maximum atomic E-state index is 13.2. The lowest BCUT2D eigenvalue weighted by Crippen LogP contribution is -2.48. The van der Waals surface area contributed by atoms with Crippen LogP contribution in [-0.2, 0) is 31.1 Å². The summed E-state index contributed by atoms with van der Waals surface area (Å²) in [4.78, 5) is 52.6. The molecule has 3 aliphatic heterocycles. The quantitative estimate of drug-likeness (QED) is 0.746. The number of carbonyl (C=O) groups is 4. The molecule has 5 amide bonds. The molecule has 158 valence electrons. The van der Waals surface area contributed by atoms with Gasteiger partial charge in [-0.2, -0.15) is 0 Å². The molecule has 5 rings (SSSR count). The summed E-state index contributed by atoms with van der Waals surface area (Å²) in [6.07, 6.45) is 0.879. The number of carbonyl (C=O) groups excluding carboxylic acids is 4. The van der Waals surface area contributed by atoms with E-state index in [2.05, 4.69) is 10.6 Å². The first kappa shape index (κ1) is 18.9. The van der Waals surface area contributed by atoms with Gasteiger partial charge in [0.25, 0.3) is 5.91 Å². The second-order valence-corrected chi connectivity index (χ2v) is 8.05. The molecule has 2 bridgehead atoms. The Hall–Kier alpha value is -3.14. The fourth-order valence-corrected chi connectivity index (χ4v) is 4.86. The molecule has 1 spiro atoms. The second kappa shape index (κ2) is 6.69. The number of imide groups is 1. The van der Waals surface area contributed by atoms with Crippen LogP contribution in [0.15, 0.2) is 18.2 Å². The molecule has 10 heteroatoms. The maximum absolute atomic E-state index is 13.2. The van der Waals surface area contributed by atoms with Crippen molar-refractivity contribution in [3.8, 4) is 0 Å². The average molecular weight is 414 g/mol. The lowest BCUT2D eigenvalue weighted by Gasteiger charge is -2.28. The fraction of sp³-hybridized carbons (Fsp3) is 0.500. The van der Waals surface area contributed by atoms with Crippen molar-refractivity contribution in [3.05, 3.63) is 29.3 Å². The molecule has 0 unspecified atom stereocenters. The van der Waals surface area contributed by atoms with Crippen molar-refractivity contribution in [3.63, 3.8) is 0 Å².